The first-order chi connectivity index (χ1) is 10.0. The zero-order chi connectivity index (χ0) is 15.4. The molecule has 2 aromatic rings. The lowest BCUT2D eigenvalue weighted by Crippen LogP contribution is -2.09. The summed E-state index contributed by atoms with van der Waals surface area (Å²) in [5.41, 5.74) is 8.43. The highest BCUT2D eigenvalue weighted by Crippen LogP contribution is 2.24. The van der Waals surface area contributed by atoms with Gasteiger partial charge in [-0.3, -0.25) is 0 Å². The van der Waals surface area contributed by atoms with E-state index in [-0.39, 0.29) is 5.69 Å². The Hall–Kier alpha value is -2.76. The van der Waals surface area contributed by atoms with E-state index >= 15 is 0 Å². The Morgan fingerprint density at radius 2 is 2.05 bits per heavy atom. The van der Waals surface area contributed by atoms with Crippen molar-refractivity contribution in [2.45, 2.75) is 0 Å². The first-order valence-corrected chi connectivity index (χ1v) is 6.40. The molecule has 1 aromatic heterocycles. The fourth-order valence-corrected chi connectivity index (χ4v) is 1.79. The summed E-state index contributed by atoms with van der Waals surface area (Å²) < 4.78 is 4.66. The highest BCUT2D eigenvalue weighted by Gasteiger charge is 2.10. The number of esters is 1. The third kappa shape index (κ3) is 3.42. The van der Waals surface area contributed by atoms with E-state index in [9.17, 15) is 4.79 Å². The molecule has 0 amide bonds. The molecule has 3 N–H and O–H groups in total. The number of methoxy groups -OCH3 is 1. The second kappa shape index (κ2) is 6.13. The number of nitrogen functional groups attached to an aromatic ring is 1. The number of nitrogens with one attached hydrogen (secondary N) is 1. The van der Waals surface area contributed by atoms with E-state index in [1.165, 1.54) is 13.2 Å². The smallest absolute Gasteiger partial charge is 0.356 e. The molecule has 0 aliphatic heterocycles. The van der Waals surface area contributed by atoms with Crippen LogP contribution in [0.15, 0.2) is 36.4 Å². The predicted molar refractivity (Wildman–Crippen MR) is 84.0 cm³/mol. The zero-order valence-corrected chi connectivity index (χ0v) is 12.3. The molecule has 0 aliphatic rings. The second-order valence-corrected chi connectivity index (χ2v) is 4.70. The van der Waals surface area contributed by atoms with Crippen LogP contribution in [-0.4, -0.2) is 32.2 Å². The van der Waals surface area contributed by atoms with Gasteiger partial charge in [0.25, 0.3) is 0 Å². The second-order valence-electron chi connectivity index (χ2n) is 4.70. The van der Waals surface area contributed by atoms with Crippen LogP contribution in [0.2, 0.25) is 0 Å². The number of pyridine rings is 1. The summed E-state index contributed by atoms with van der Waals surface area (Å²) in [5.74, 6) is -0.0751. The Morgan fingerprint density at radius 1 is 1.29 bits per heavy atom. The van der Waals surface area contributed by atoms with E-state index in [1.807, 2.05) is 43.3 Å². The molecule has 21 heavy (non-hydrogen) atoms. The van der Waals surface area contributed by atoms with Crippen LogP contribution >= 0.6 is 0 Å². The third-order valence-electron chi connectivity index (χ3n) is 2.95. The predicted octanol–water partition coefficient (Wildman–Crippen LogP) is 2.26. The van der Waals surface area contributed by atoms with Crippen LogP contribution in [0.5, 0.6) is 0 Å². The number of carbonyl (C=O) groups is 1. The van der Waals surface area contributed by atoms with Crippen molar-refractivity contribution in [2.24, 2.45) is 0 Å². The SMILES string of the molecule is COC(=O)c1ccc(N)c(Nc2cccc(N(C)C)c2)n1. The van der Waals surface area contributed by atoms with Crippen LogP contribution in [0.4, 0.5) is 22.9 Å². The average Bonchev–Trinajstić information content (AvgIpc) is 2.49. The molecule has 110 valence electrons. The zero-order valence-electron chi connectivity index (χ0n) is 12.3. The summed E-state index contributed by atoms with van der Waals surface area (Å²) in [7, 11) is 5.24. The maximum absolute atomic E-state index is 11.5. The van der Waals surface area contributed by atoms with Gasteiger partial charge in [-0.1, -0.05) is 6.07 Å². The third-order valence-corrected chi connectivity index (χ3v) is 2.95. The van der Waals surface area contributed by atoms with Crippen molar-refractivity contribution in [3.63, 3.8) is 0 Å². The quantitative estimate of drug-likeness (QED) is 0.839. The number of aromatic nitrogens is 1. The van der Waals surface area contributed by atoms with Gasteiger partial charge >= 0.3 is 5.97 Å². The molecular weight excluding hydrogens is 268 g/mol. The summed E-state index contributed by atoms with van der Waals surface area (Å²) in [6.45, 7) is 0. The number of nitrogens with zero attached hydrogens (tertiary/aromatic N) is 2. The molecule has 6 heteroatoms. The highest BCUT2D eigenvalue weighted by atomic mass is 16.5. The highest BCUT2D eigenvalue weighted by molar-refractivity contribution is 5.88. The molecule has 1 aromatic carbocycles. The summed E-state index contributed by atoms with van der Waals surface area (Å²) in [6, 6.07) is 10.9. The van der Waals surface area contributed by atoms with E-state index in [1.54, 1.807) is 6.07 Å². The van der Waals surface area contributed by atoms with Crippen molar-refractivity contribution in [1.29, 1.82) is 0 Å². The van der Waals surface area contributed by atoms with Crippen LogP contribution in [0.25, 0.3) is 0 Å². The standard InChI is InChI=1S/C15H18N4O2/c1-19(2)11-6-4-5-10(9-11)17-14-12(16)7-8-13(18-14)15(20)21-3/h4-9H,16H2,1-3H3,(H,17,18). The molecule has 6 nitrogen and oxygen atoms in total. The molecule has 1 heterocycles. The van der Waals surface area contributed by atoms with Crippen LogP contribution < -0.4 is 16.0 Å². The summed E-state index contributed by atoms with van der Waals surface area (Å²) >= 11 is 0. The Morgan fingerprint density at radius 3 is 2.71 bits per heavy atom. The van der Waals surface area contributed by atoms with Crippen LogP contribution in [0.1, 0.15) is 10.5 Å². The van der Waals surface area contributed by atoms with E-state index < -0.39 is 5.97 Å². The molecule has 0 radical (unpaired) electrons. The lowest BCUT2D eigenvalue weighted by atomic mass is 10.2. The molecule has 0 saturated carbocycles. The van der Waals surface area contributed by atoms with Gasteiger partial charge in [-0.2, -0.15) is 0 Å². The number of rotatable bonds is 4. The Labute approximate surface area is 123 Å². The Balaban J connectivity index is 2.30. The fraction of sp³-hybridized carbons (Fsp3) is 0.200. The van der Waals surface area contributed by atoms with Crippen molar-refractivity contribution in [3.05, 3.63) is 42.1 Å². The number of anilines is 4. The van der Waals surface area contributed by atoms with Crippen molar-refractivity contribution >= 4 is 28.8 Å². The maximum atomic E-state index is 11.5. The summed E-state index contributed by atoms with van der Waals surface area (Å²) in [6.07, 6.45) is 0. The topological polar surface area (TPSA) is 80.5 Å². The minimum absolute atomic E-state index is 0.206. The van der Waals surface area contributed by atoms with Gasteiger partial charge in [0.05, 0.1) is 12.8 Å². The first-order valence-electron chi connectivity index (χ1n) is 6.40. The Bertz CT molecular complexity index is 656. The van der Waals surface area contributed by atoms with Gasteiger partial charge in [-0.25, -0.2) is 9.78 Å². The van der Waals surface area contributed by atoms with Gasteiger partial charge in [0.2, 0.25) is 0 Å². The van der Waals surface area contributed by atoms with Crippen molar-refractivity contribution < 1.29 is 9.53 Å². The van der Waals surface area contributed by atoms with Gasteiger partial charge < -0.3 is 20.7 Å². The average molecular weight is 286 g/mol. The maximum Gasteiger partial charge on any atom is 0.356 e. The minimum Gasteiger partial charge on any atom is -0.464 e. The molecule has 0 atom stereocenters. The van der Waals surface area contributed by atoms with E-state index in [2.05, 4.69) is 15.0 Å². The molecule has 0 fully saturated rings. The minimum atomic E-state index is -0.500. The van der Waals surface area contributed by atoms with Gasteiger partial charge in [0, 0.05) is 25.5 Å². The number of ether oxygens (including phenoxy) is 1. The summed E-state index contributed by atoms with van der Waals surface area (Å²) in [5, 5.41) is 3.12. The number of hydrogen-bond donors (Lipinski definition) is 2. The Kier molecular flexibility index (Phi) is 4.27. The molecular formula is C15H18N4O2. The number of carbonyl (C=O) groups excluding carboxylic acids is 1. The monoisotopic (exact) mass is 286 g/mol. The normalized spacial score (nSPS) is 10.0. The first kappa shape index (κ1) is 14.6. The van der Waals surface area contributed by atoms with E-state index in [0.717, 1.165) is 11.4 Å². The number of nitrogens with two attached hydrogens (primary N) is 1. The van der Waals surface area contributed by atoms with Gasteiger partial charge in [-0.15, -0.1) is 0 Å². The summed E-state index contributed by atoms with van der Waals surface area (Å²) in [4.78, 5) is 17.7. The van der Waals surface area contributed by atoms with Crippen molar-refractivity contribution in [3.8, 4) is 0 Å². The fourth-order valence-electron chi connectivity index (χ4n) is 1.79. The van der Waals surface area contributed by atoms with Gasteiger partial charge in [0.15, 0.2) is 11.5 Å². The van der Waals surface area contributed by atoms with Crippen LogP contribution in [-0.2, 0) is 4.74 Å². The molecule has 0 saturated heterocycles. The molecule has 0 aliphatic carbocycles. The number of hydrogen-bond acceptors (Lipinski definition) is 6. The largest absolute Gasteiger partial charge is 0.464 e. The number of benzene rings is 1. The van der Waals surface area contributed by atoms with Crippen LogP contribution in [0, 0.1) is 0 Å². The molecule has 0 unspecified atom stereocenters. The van der Waals surface area contributed by atoms with E-state index in [4.69, 9.17) is 5.73 Å². The molecule has 0 bridgehead atoms. The van der Waals surface area contributed by atoms with Crippen molar-refractivity contribution in [2.75, 3.05) is 37.2 Å². The molecule has 2 rings (SSSR count). The van der Waals surface area contributed by atoms with Crippen molar-refractivity contribution in [1.82, 2.24) is 4.98 Å². The lowest BCUT2D eigenvalue weighted by molar-refractivity contribution is 0.0594. The molecule has 0 spiro atoms. The lowest BCUT2D eigenvalue weighted by Gasteiger charge is -2.15. The van der Waals surface area contributed by atoms with E-state index in [0.29, 0.717) is 11.5 Å². The van der Waals surface area contributed by atoms with Crippen LogP contribution in [0.3, 0.4) is 0 Å². The van der Waals surface area contributed by atoms with Gasteiger partial charge in [0.1, 0.15) is 0 Å². The van der Waals surface area contributed by atoms with Gasteiger partial charge in [-0.05, 0) is 30.3 Å².